The third kappa shape index (κ3) is 3.35. The lowest BCUT2D eigenvalue weighted by atomic mass is 10.3. The Bertz CT molecular complexity index is 970. The quantitative estimate of drug-likeness (QED) is 0.709. The van der Waals surface area contributed by atoms with Gasteiger partial charge in [-0.05, 0) is 51.1 Å². The second kappa shape index (κ2) is 6.27. The molecule has 3 rings (SSSR count). The number of thiazole rings is 1. The van der Waals surface area contributed by atoms with Crippen LogP contribution in [0.1, 0.15) is 15.4 Å². The molecule has 0 aliphatic rings. The number of nitrogens with one attached hydrogen (secondary N) is 1. The molecule has 0 amide bonds. The number of rotatable bonds is 4. The van der Waals surface area contributed by atoms with E-state index in [1.165, 1.54) is 35.6 Å². The van der Waals surface area contributed by atoms with Gasteiger partial charge in [0.1, 0.15) is 15.7 Å². The van der Waals surface area contributed by atoms with E-state index in [-0.39, 0.29) is 4.90 Å². The van der Waals surface area contributed by atoms with Crippen molar-refractivity contribution in [3.8, 4) is 9.88 Å². The Hall–Kier alpha value is -1.77. The predicted molar refractivity (Wildman–Crippen MR) is 96.8 cm³/mol. The second-order valence-electron chi connectivity index (χ2n) is 5.30. The molecule has 0 saturated carbocycles. The minimum Gasteiger partial charge on any atom is -0.280 e. The fourth-order valence-corrected chi connectivity index (χ4v) is 5.75. The van der Waals surface area contributed by atoms with Crippen LogP contribution >= 0.6 is 22.7 Å². The molecule has 1 N–H and O–H groups in total. The van der Waals surface area contributed by atoms with Gasteiger partial charge in [0.25, 0.3) is 10.0 Å². The summed E-state index contributed by atoms with van der Waals surface area (Å²) >= 11 is 2.95. The Labute approximate surface area is 148 Å². The van der Waals surface area contributed by atoms with Crippen molar-refractivity contribution in [2.24, 2.45) is 0 Å². The van der Waals surface area contributed by atoms with Crippen LogP contribution in [-0.4, -0.2) is 13.4 Å². The lowest BCUT2D eigenvalue weighted by Crippen LogP contribution is -2.13. The summed E-state index contributed by atoms with van der Waals surface area (Å²) in [5.74, 6) is -0.415. The number of nitrogens with zero attached hydrogens (tertiary/aromatic N) is 1. The molecule has 0 unspecified atom stereocenters. The Kier molecular flexibility index (Phi) is 4.46. The number of benzene rings is 1. The molecule has 0 spiro atoms. The average molecular weight is 383 g/mol. The van der Waals surface area contributed by atoms with E-state index in [1.807, 2.05) is 13.8 Å². The average Bonchev–Trinajstić information content (AvgIpc) is 3.05. The van der Waals surface area contributed by atoms with Crippen molar-refractivity contribution >= 4 is 38.4 Å². The topological polar surface area (TPSA) is 59.1 Å². The second-order valence-corrected chi connectivity index (χ2v) is 9.41. The van der Waals surface area contributed by atoms with Crippen molar-refractivity contribution in [2.75, 3.05) is 4.72 Å². The minimum absolute atomic E-state index is 0.220. The van der Waals surface area contributed by atoms with Gasteiger partial charge in [0.2, 0.25) is 0 Å². The molecular formula is C16H15FN2O2S3. The van der Waals surface area contributed by atoms with Gasteiger partial charge in [0.15, 0.2) is 0 Å². The third-order valence-electron chi connectivity index (χ3n) is 3.50. The molecule has 8 heteroatoms. The van der Waals surface area contributed by atoms with Crippen LogP contribution < -0.4 is 4.72 Å². The maximum atomic E-state index is 13.0. The van der Waals surface area contributed by atoms with Crippen molar-refractivity contribution in [1.29, 1.82) is 0 Å². The molecule has 0 fully saturated rings. The summed E-state index contributed by atoms with van der Waals surface area (Å²) in [5.41, 5.74) is 1.28. The number of thiophene rings is 1. The maximum absolute atomic E-state index is 13.0. The molecule has 4 nitrogen and oxygen atoms in total. The number of hydrogen-bond donors (Lipinski definition) is 1. The smallest absolute Gasteiger partial charge is 0.263 e. The normalized spacial score (nSPS) is 11.7. The highest BCUT2D eigenvalue weighted by Gasteiger charge is 2.22. The highest BCUT2D eigenvalue weighted by atomic mass is 32.2. The zero-order valence-electron chi connectivity index (χ0n) is 13.3. The minimum atomic E-state index is -3.73. The van der Waals surface area contributed by atoms with Gasteiger partial charge in [0.05, 0.1) is 10.6 Å². The maximum Gasteiger partial charge on any atom is 0.263 e. The molecule has 0 atom stereocenters. The van der Waals surface area contributed by atoms with Gasteiger partial charge in [-0.1, -0.05) is 0 Å². The molecule has 126 valence electrons. The molecule has 24 heavy (non-hydrogen) atoms. The van der Waals surface area contributed by atoms with Gasteiger partial charge in [0, 0.05) is 15.4 Å². The van der Waals surface area contributed by atoms with E-state index >= 15 is 0 Å². The molecule has 0 saturated heterocycles. The summed E-state index contributed by atoms with van der Waals surface area (Å²) in [6, 6.07) is 6.85. The molecule has 0 bridgehead atoms. The van der Waals surface area contributed by atoms with E-state index in [0.717, 1.165) is 20.5 Å². The molecule has 0 aliphatic carbocycles. The lowest BCUT2D eigenvalue weighted by Gasteiger charge is -2.07. The van der Waals surface area contributed by atoms with Crippen LogP contribution in [0.15, 0.2) is 35.2 Å². The Morgan fingerprint density at radius 1 is 1.04 bits per heavy atom. The molecule has 0 aliphatic heterocycles. The van der Waals surface area contributed by atoms with Crippen LogP contribution in [0.2, 0.25) is 0 Å². The first-order valence-corrected chi connectivity index (χ1v) is 10.2. The monoisotopic (exact) mass is 382 g/mol. The van der Waals surface area contributed by atoms with E-state index in [9.17, 15) is 12.8 Å². The van der Waals surface area contributed by atoms with Crippen molar-refractivity contribution in [3.63, 3.8) is 0 Å². The molecular weight excluding hydrogens is 367 g/mol. The van der Waals surface area contributed by atoms with Crippen molar-refractivity contribution in [3.05, 3.63) is 51.6 Å². The van der Waals surface area contributed by atoms with Crippen LogP contribution in [0.25, 0.3) is 9.88 Å². The van der Waals surface area contributed by atoms with Crippen molar-refractivity contribution < 1.29 is 12.8 Å². The number of hydrogen-bond acceptors (Lipinski definition) is 5. The van der Waals surface area contributed by atoms with Gasteiger partial charge in [-0.3, -0.25) is 4.72 Å². The van der Waals surface area contributed by atoms with Gasteiger partial charge in [-0.25, -0.2) is 17.8 Å². The van der Waals surface area contributed by atoms with Gasteiger partial charge < -0.3 is 0 Å². The predicted octanol–water partition coefficient (Wildman–Crippen LogP) is 4.74. The zero-order valence-corrected chi connectivity index (χ0v) is 15.7. The molecule has 2 heterocycles. The van der Waals surface area contributed by atoms with E-state index < -0.39 is 15.8 Å². The van der Waals surface area contributed by atoms with Crippen LogP contribution in [-0.2, 0) is 10.0 Å². The Morgan fingerprint density at radius 3 is 2.29 bits per heavy atom. The van der Waals surface area contributed by atoms with Crippen LogP contribution in [0.4, 0.5) is 10.1 Å². The van der Waals surface area contributed by atoms with Gasteiger partial charge in [-0.2, -0.15) is 0 Å². The zero-order chi connectivity index (χ0) is 17.5. The summed E-state index contributed by atoms with van der Waals surface area (Å²) in [7, 11) is -3.73. The first kappa shape index (κ1) is 17.1. The SMILES string of the molecule is Cc1nc(-c2cc(S(=O)(=O)Nc3ccc(F)cc3)c(C)s2)sc1C. The molecule has 2 aromatic heterocycles. The number of halogens is 1. The van der Waals surface area contributed by atoms with Crippen molar-refractivity contribution in [1.82, 2.24) is 4.98 Å². The first-order valence-electron chi connectivity index (χ1n) is 7.09. The molecule has 3 aromatic rings. The number of aromatic nitrogens is 1. The number of sulfonamides is 1. The van der Waals surface area contributed by atoms with E-state index in [4.69, 9.17) is 0 Å². The molecule has 0 radical (unpaired) electrons. The summed E-state index contributed by atoms with van der Waals surface area (Å²) < 4.78 is 40.6. The number of anilines is 1. The summed E-state index contributed by atoms with van der Waals surface area (Å²) in [6.45, 7) is 5.69. The van der Waals surface area contributed by atoms with Crippen LogP contribution in [0.5, 0.6) is 0 Å². The number of aryl methyl sites for hydroxylation is 3. The summed E-state index contributed by atoms with van der Waals surface area (Å²) in [4.78, 5) is 7.33. The van der Waals surface area contributed by atoms with Gasteiger partial charge >= 0.3 is 0 Å². The summed E-state index contributed by atoms with van der Waals surface area (Å²) in [6.07, 6.45) is 0. The third-order valence-corrected chi connectivity index (χ3v) is 7.43. The highest BCUT2D eigenvalue weighted by molar-refractivity contribution is 7.93. The standard InChI is InChI=1S/C16H15FN2O2S3/c1-9-10(2)23-16(18-9)14-8-15(11(3)22-14)24(20,21)19-13-6-4-12(17)5-7-13/h4-8,19H,1-3H3. The van der Waals surface area contributed by atoms with Gasteiger partial charge in [-0.15, -0.1) is 22.7 Å². The van der Waals surface area contributed by atoms with E-state index in [1.54, 1.807) is 24.3 Å². The largest absolute Gasteiger partial charge is 0.280 e. The van der Waals surface area contributed by atoms with E-state index in [2.05, 4.69) is 9.71 Å². The highest BCUT2D eigenvalue weighted by Crippen LogP contribution is 2.37. The van der Waals surface area contributed by atoms with Crippen LogP contribution in [0.3, 0.4) is 0 Å². The fourth-order valence-electron chi connectivity index (χ4n) is 2.14. The Balaban J connectivity index is 1.95. The first-order chi connectivity index (χ1) is 11.3. The lowest BCUT2D eigenvalue weighted by molar-refractivity contribution is 0.601. The fraction of sp³-hybridized carbons (Fsp3) is 0.188. The van der Waals surface area contributed by atoms with Crippen molar-refractivity contribution in [2.45, 2.75) is 25.7 Å². The molecule has 1 aromatic carbocycles. The van der Waals surface area contributed by atoms with Crippen LogP contribution in [0, 0.1) is 26.6 Å². The van der Waals surface area contributed by atoms with E-state index in [0.29, 0.717) is 10.6 Å². The summed E-state index contributed by atoms with van der Waals surface area (Å²) in [5, 5.41) is 0.821. The Morgan fingerprint density at radius 2 is 1.71 bits per heavy atom.